The Morgan fingerprint density at radius 2 is 1.97 bits per heavy atom. The third-order valence-electron chi connectivity index (χ3n) is 5.82. The Morgan fingerprint density at radius 3 is 2.63 bits per heavy atom. The smallest absolute Gasteiger partial charge is 0.404 e. The summed E-state index contributed by atoms with van der Waals surface area (Å²) in [7, 11) is -3.97. The van der Waals surface area contributed by atoms with E-state index >= 15 is 0 Å². The van der Waals surface area contributed by atoms with Gasteiger partial charge in [0.1, 0.15) is 0 Å². The highest BCUT2D eigenvalue weighted by molar-refractivity contribution is 7.91. The molecular weight excluding hydrogens is 552 g/mol. The number of amides is 1. The zero-order valence-electron chi connectivity index (χ0n) is 20.7. The Balaban J connectivity index is 1.39. The van der Waals surface area contributed by atoms with Crippen LogP contribution >= 0.6 is 22.9 Å². The van der Waals surface area contributed by atoms with Gasteiger partial charge in [-0.05, 0) is 51.8 Å². The van der Waals surface area contributed by atoms with Crippen molar-refractivity contribution in [1.82, 2.24) is 24.3 Å². The number of nitrogens with one attached hydrogen (secondary N) is 2. The summed E-state index contributed by atoms with van der Waals surface area (Å²) >= 11 is 6.81. The van der Waals surface area contributed by atoms with Crippen LogP contribution in [-0.2, 0) is 10.0 Å². The second kappa shape index (κ2) is 9.89. The number of aliphatic hydroxyl groups excluding tert-OH is 1. The Labute approximate surface area is 227 Å². The van der Waals surface area contributed by atoms with Gasteiger partial charge < -0.3 is 9.84 Å². The number of ether oxygens (including phenoxy) is 1. The number of hydrogen-bond donors (Lipinski definition) is 3. The SMILES string of the molecule is Cc1nc(NC(=O)Oc2cnn3c(C4CC4)cc(-c4ccc(Cl)cc4)nc23)sc1S(=O)(=O)NC(C)(C)CO. The molecule has 1 aliphatic rings. The summed E-state index contributed by atoms with van der Waals surface area (Å²) < 4.78 is 35.1. The van der Waals surface area contributed by atoms with Crippen molar-refractivity contribution in [2.45, 2.75) is 49.3 Å². The van der Waals surface area contributed by atoms with Crippen LogP contribution in [-0.4, -0.2) is 51.3 Å². The maximum Gasteiger partial charge on any atom is 0.419 e. The third-order valence-corrected chi connectivity index (χ3v) is 9.45. The first kappa shape index (κ1) is 26.5. The summed E-state index contributed by atoms with van der Waals surface area (Å²) in [6.45, 7) is 4.22. The van der Waals surface area contributed by atoms with Crippen molar-refractivity contribution in [3.05, 3.63) is 52.9 Å². The molecule has 4 aromatic rings. The van der Waals surface area contributed by atoms with Gasteiger partial charge in [-0.2, -0.15) is 5.10 Å². The van der Waals surface area contributed by atoms with E-state index in [2.05, 4.69) is 20.1 Å². The fourth-order valence-electron chi connectivity index (χ4n) is 3.82. The minimum atomic E-state index is -3.97. The third kappa shape index (κ3) is 5.52. The van der Waals surface area contributed by atoms with Crippen molar-refractivity contribution in [1.29, 1.82) is 0 Å². The van der Waals surface area contributed by atoms with E-state index in [4.69, 9.17) is 21.3 Å². The lowest BCUT2D eigenvalue weighted by Crippen LogP contribution is -2.46. The molecule has 1 fully saturated rings. The lowest BCUT2D eigenvalue weighted by Gasteiger charge is -2.22. The van der Waals surface area contributed by atoms with Crippen molar-refractivity contribution >= 4 is 49.8 Å². The van der Waals surface area contributed by atoms with Crippen LogP contribution in [0.1, 0.15) is 44.0 Å². The zero-order chi connectivity index (χ0) is 27.2. The topological polar surface area (TPSA) is 148 Å². The quantitative estimate of drug-likeness (QED) is 0.280. The van der Waals surface area contributed by atoms with Crippen molar-refractivity contribution in [3.8, 4) is 17.0 Å². The first-order chi connectivity index (χ1) is 18.0. The molecule has 0 bridgehead atoms. The van der Waals surface area contributed by atoms with Crippen LogP contribution in [0.25, 0.3) is 16.9 Å². The van der Waals surface area contributed by atoms with Gasteiger partial charge in [0.15, 0.2) is 20.7 Å². The standard InChI is InChI=1S/C24H25ClN6O5S2/c1-13-21(38(34,35)30-24(2,3)12-32)37-22(27-13)29-23(33)36-19-11-26-31-18(15-4-5-15)10-17(28-20(19)31)14-6-8-16(25)9-7-14/h6-11,15,30,32H,4-5,12H2,1-3H3,(H,27,29,33). The molecule has 1 saturated carbocycles. The van der Waals surface area contributed by atoms with E-state index in [1.165, 1.54) is 13.1 Å². The van der Waals surface area contributed by atoms with Crippen LogP contribution in [0, 0.1) is 6.92 Å². The number of carbonyl (C=O) groups is 1. The number of aliphatic hydroxyl groups is 1. The number of aryl methyl sites for hydroxylation is 1. The molecule has 11 nitrogen and oxygen atoms in total. The number of benzene rings is 1. The fourth-order valence-corrected chi connectivity index (χ4v) is 6.75. The molecule has 1 aromatic carbocycles. The fraction of sp³-hybridized carbons (Fsp3) is 0.333. The number of rotatable bonds is 8. The number of anilines is 1. The molecule has 3 aromatic heterocycles. The molecule has 14 heteroatoms. The van der Waals surface area contributed by atoms with Gasteiger partial charge in [-0.15, -0.1) is 0 Å². The summed E-state index contributed by atoms with van der Waals surface area (Å²) in [6.07, 6.45) is 2.63. The summed E-state index contributed by atoms with van der Waals surface area (Å²) in [5, 5.41) is 16.9. The maximum atomic E-state index is 12.8. The van der Waals surface area contributed by atoms with E-state index in [1.807, 2.05) is 18.2 Å². The highest BCUT2D eigenvalue weighted by Crippen LogP contribution is 2.42. The summed E-state index contributed by atoms with van der Waals surface area (Å²) in [5.41, 5.74) is 2.04. The number of nitrogens with zero attached hydrogens (tertiary/aromatic N) is 4. The minimum Gasteiger partial charge on any atom is -0.404 e. The highest BCUT2D eigenvalue weighted by atomic mass is 35.5. The number of aromatic nitrogens is 4. The molecule has 3 heterocycles. The minimum absolute atomic E-state index is 0.0413. The maximum absolute atomic E-state index is 12.8. The Kier molecular flexibility index (Phi) is 6.90. The Bertz CT molecular complexity index is 1630. The molecule has 38 heavy (non-hydrogen) atoms. The van der Waals surface area contributed by atoms with Crippen LogP contribution in [0.15, 0.2) is 40.7 Å². The van der Waals surface area contributed by atoms with Crippen molar-refractivity contribution in [3.63, 3.8) is 0 Å². The van der Waals surface area contributed by atoms with Gasteiger partial charge in [0.2, 0.25) is 0 Å². The first-order valence-electron chi connectivity index (χ1n) is 11.7. The monoisotopic (exact) mass is 576 g/mol. The lowest BCUT2D eigenvalue weighted by atomic mass is 10.1. The molecule has 200 valence electrons. The van der Waals surface area contributed by atoms with Crippen molar-refractivity contribution < 1.29 is 23.1 Å². The van der Waals surface area contributed by atoms with Crippen LogP contribution in [0.5, 0.6) is 5.75 Å². The lowest BCUT2D eigenvalue weighted by molar-refractivity contribution is 0.208. The van der Waals surface area contributed by atoms with Crippen LogP contribution in [0.4, 0.5) is 9.93 Å². The molecule has 0 aliphatic heterocycles. The summed E-state index contributed by atoms with van der Waals surface area (Å²) in [5.74, 6) is 0.490. The van der Waals surface area contributed by atoms with Crippen LogP contribution in [0.3, 0.4) is 0 Å². The number of thiazole rings is 1. The molecule has 0 saturated heterocycles. The molecular formula is C24H25ClN6O5S2. The summed E-state index contributed by atoms with van der Waals surface area (Å²) in [4.78, 5) is 21.6. The van der Waals surface area contributed by atoms with Gasteiger partial charge in [-0.3, -0.25) is 5.32 Å². The second-order valence-electron chi connectivity index (χ2n) is 9.65. The average Bonchev–Trinajstić information content (AvgIpc) is 3.52. The number of hydrogen-bond acceptors (Lipinski definition) is 9. The molecule has 5 rings (SSSR count). The predicted octanol–water partition coefficient (Wildman–Crippen LogP) is 4.35. The molecule has 0 unspecified atom stereocenters. The van der Waals surface area contributed by atoms with Gasteiger partial charge in [0.25, 0.3) is 10.0 Å². The zero-order valence-corrected chi connectivity index (χ0v) is 23.1. The molecule has 0 atom stereocenters. The number of fused-ring (bicyclic) bond motifs is 1. The van der Waals surface area contributed by atoms with E-state index in [0.717, 1.165) is 35.4 Å². The normalized spacial score (nSPS) is 14.1. The van der Waals surface area contributed by atoms with Gasteiger partial charge >= 0.3 is 6.09 Å². The van der Waals surface area contributed by atoms with E-state index in [-0.39, 0.29) is 20.8 Å². The van der Waals surface area contributed by atoms with Gasteiger partial charge in [-0.25, -0.2) is 32.4 Å². The highest BCUT2D eigenvalue weighted by Gasteiger charge is 2.31. The molecule has 3 N–H and O–H groups in total. The number of halogens is 1. The van der Waals surface area contributed by atoms with Crippen LogP contribution < -0.4 is 14.8 Å². The predicted molar refractivity (Wildman–Crippen MR) is 143 cm³/mol. The van der Waals surface area contributed by atoms with E-state index < -0.39 is 28.3 Å². The Hall–Kier alpha value is -3.10. The molecule has 0 spiro atoms. The molecule has 1 amide bonds. The van der Waals surface area contributed by atoms with Crippen molar-refractivity contribution in [2.24, 2.45) is 0 Å². The second-order valence-corrected chi connectivity index (χ2v) is 13.0. The van der Waals surface area contributed by atoms with Gasteiger partial charge in [-0.1, -0.05) is 35.1 Å². The van der Waals surface area contributed by atoms with Crippen LogP contribution in [0.2, 0.25) is 5.02 Å². The van der Waals surface area contributed by atoms with Crippen molar-refractivity contribution in [2.75, 3.05) is 11.9 Å². The summed E-state index contributed by atoms with van der Waals surface area (Å²) in [6, 6.07) is 9.29. The largest absolute Gasteiger partial charge is 0.419 e. The van der Waals surface area contributed by atoms with Gasteiger partial charge in [0, 0.05) is 22.2 Å². The van der Waals surface area contributed by atoms with E-state index in [0.29, 0.717) is 22.3 Å². The molecule has 1 aliphatic carbocycles. The number of sulfonamides is 1. The average molecular weight is 577 g/mol. The molecule has 0 radical (unpaired) electrons. The first-order valence-corrected chi connectivity index (χ1v) is 14.4. The number of carbonyl (C=O) groups excluding carboxylic acids is 1. The Morgan fingerprint density at radius 1 is 1.26 bits per heavy atom. The van der Waals surface area contributed by atoms with E-state index in [9.17, 15) is 18.3 Å². The van der Waals surface area contributed by atoms with Gasteiger partial charge in [0.05, 0.1) is 29.7 Å². The van der Waals surface area contributed by atoms with E-state index in [1.54, 1.807) is 30.5 Å².